The number of nitrogens with one attached hydrogen (secondary N) is 1. The summed E-state index contributed by atoms with van der Waals surface area (Å²) < 4.78 is 34.0. The van der Waals surface area contributed by atoms with Crippen LogP contribution < -0.4 is 9.46 Å². The van der Waals surface area contributed by atoms with Gasteiger partial charge in [0.2, 0.25) is 0 Å². The van der Waals surface area contributed by atoms with Crippen LogP contribution in [0.5, 0.6) is 5.75 Å². The molecule has 152 valence electrons. The van der Waals surface area contributed by atoms with E-state index in [9.17, 15) is 13.2 Å². The van der Waals surface area contributed by atoms with Gasteiger partial charge in [-0.3, -0.25) is 9.52 Å². The van der Waals surface area contributed by atoms with E-state index in [1.807, 2.05) is 17.0 Å². The Hall–Kier alpha value is -2.29. The van der Waals surface area contributed by atoms with Gasteiger partial charge in [-0.25, -0.2) is 8.42 Å². The molecule has 0 atom stereocenters. The number of thiophene rings is 1. The number of hydrogen-bond donors (Lipinski definition) is 1. The van der Waals surface area contributed by atoms with Gasteiger partial charge in [0, 0.05) is 23.5 Å². The summed E-state index contributed by atoms with van der Waals surface area (Å²) in [7, 11) is -2.35. The summed E-state index contributed by atoms with van der Waals surface area (Å²) in [6, 6.07) is 11.3. The van der Waals surface area contributed by atoms with Crippen molar-refractivity contribution in [2.75, 3.05) is 24.9 Å². The Kier molecular flexibility index (Phi) is 5.42. The molecule has 1 fully saturated rings. The molecule has 1 aromatic heterocycles. The third kappa shape index (κ3) is 4.05. The van der Waals surface area contributed by atoms with Crippen LogP contribution in [0.25, 0.3) is 10.1 Å². The van der Waals surface area contributed by atoms with Gasteiger partial charge in [0.15, 0.2) is 0 Å². The van der Waals surface area contributed by atoms with Gasteiger partial charge in [0.25, 0.3) is 15.9 Å². The molecule has 0 unspecified atom stereocenters. The summed E-state index contributed by atoms with van der Waals surface area (Å²) in [5, 5.41) is 1.04. The number of methoxy groups -OCH3 is 1. The highest BCUT2D eigenvalue weighted by Crippen LogP contribution is 2.31. The number of anilines is 1. The average Bonchev–Trinajstić information content (AvgIpc) is 3.36. The number of carbonyl (C=O) groups is 1. The summed E-state index contributed by atoms with van der Waals surface area (Å²) >= 11 is 7.47. The number of halogens is 1. The van der Waals surface area contributed by atoms with E-state index in [0.29, 0.717) is 16.3 Å². The number of hydrogen-bond acceptors (Lipinski definition) is 5. The molecular weight excluding hydrogens is 432 g/mol. The molecule has 9 heteroatoms. The first-order valence-corrected chi connectivity index (χ1v) is 11.7. The molecule has 1 aliphatic rings. The highest BCUT2D eigenvalue weighted by atomic mass is 35.5. The highest BCUT2D eigenvalue weighted by Gasteiger charge is 2.22. The third-order valence-electron chi connectivity index (χ3n) is 4.81. The van der Waals surface area contributed by atoms with Gasteiger partial charge in [-0.15, -0.1) is 11.3 Å². The zero-order valence-corrected chi connectivity index (χ0v) is 18.0. The van der Waals surface area contributed by atoms with Crippen molar-refractivity contribution in [3.8, 4) is 5.75 Å². The van der Waals surface area contributed by atoms with Crippen molar-refractivity contribution in [2.45, 2.75) is 17.7 Å². The first kappa shape index (κ1) is 20.0. The minimum absolute atomic E-state index is 0.0404. The lowest BCUT2D eigenvalue weighted by Gasteiger charge is -2.13. The number of likely N-dealkylation sites (tertiary alicyclic amines) is 1. The number of fused-ring (bicyclic) bond motifs is 1. The number of carbonyl (C=O) groups excluding carboxylic acids is 1. The Balaban J connectivity index is 1.59. The fourth-order valence-corrected chi connectivity index (χ4v) is 5.73. The Bertz CT molecular complexity index is 1180. The van der Waals surface area contributed by atoms with Crippen LogP contribution in [0, 0.1) is 0 Å². The predicted octanol–water partition coefficient (Wildman–Crippen LogP) is 4.60. The second kappa shape index (κ2) is 7.85. The van der Waals surface area contributed by atoms with Gasteiger partial charge in [-0.05, 0) is 60.7 Å². The lowest BCUT2D eigenvalue weighted by Crippen LogP contribution is -2.26. The number of amides is 1. The van der Waals surface area contributed by atoms with Crippen LogP contribution in [-0.4, -0.2) is 39.4 Å². The van der Waals surface area contributed by atoms with Gasteiger partial charge in [0.1, 0.15) is 5.75 Å². The van der Waals surface area contributed by atoms with Crippen LogP contribution in [0.1, 0.15) is 22.5 Å². The van der Waals surface area contributed by atoms with Crippen molar-refractivity contribution in [2.24, 2.45) is 0 Å². The predicted molar refractivity (Wildman–Crippen MR) is 116 cm³/mol. The number of nitrogens with zero attached hydrogens (tertiary/aromatic N) is 1. The van der Waals surface area contributed by atoms with Crippen molar-refractivity contribution in [1.29, 1.82) is 0 Å². The first-order chi connectivity index (χ1) is 13.9. The molecule has 1 aliphatic heterocycles. The molecule has 3 aromatic rings. The van der Waals surface area contributed by atoms with E-state index in [0.717, 1.165) is 36.0 Å². The molecule has 1 saturated heterocycles. The van der Waals surface area contributed by atoms with Gasteiger partial charge in [0.05, 0.1) is 21.9 Å². The molecule has 0 bridgehead atoms. The van der Waals surface area contributed by atoms with E-state index >= 15 is 0 Å². The fraction of sp³-hybridized carbons (Fsp3) is 0.250. The highest BCUT2D eigenvalue weighted by molar-refractivity contribution is 7.92. The van der Waals surface area contributed by atoms with E-state index in [-0.39, 0.29) is 15.8 Å². The van der Waals surface area contributed by atoms with Gasteiger partial charge in [-0.1, -0.05) is 11.6 Å². The molecule has 0 aliphatic carbocycles. The lowest BCUT2D eigenvalue weighted by atomic mass is 10.2. The second-order valence-corrected chi connectivity index (χ2v) is 9.94. The van der Waals surface area contributed by atoms with Crippen molar-refractivity contribution in [1.82, 2.24) is 4.90 Å². The number of ether oxygens (including phenoxy) is 1. The van der Waals surface area contributed by atoms with Crippen LogP contribution in [0.15, 0.2) is 47.4 Å². The number of rotatable bonds is 5. The minimum Gasteiger partial charge on any atom is -0.495 e. The van der Waals surface area contributed by atoms with Crippen LogP contribution >= 0.6 is 22.9 Å². The molecule has 0 saturated carbocycles. The molecule has 1 amide bonds. The molecule has 2 heterocycles. The SMILES string of the molecule is COc1ccc(S(=O)(=O)Nc2ccc3sc(C(=O)N4CCCC4)cc3c2)cc1Cl. The normalized spacial score (nSPS) is 14.3. The first-order valence-electron chi connectivity index (χ1n) is 9.06. The fourth-order valence-electron chi connectivity index (χ4n) is 3.32. The summed E-state index contributed by atoms with van der Waals surface area (Å²) in [6.45, 7) is 1.59. The minimum atomic E-state index is -3.81. The molecule has 29 heavy (non-hydrogen) atoms. The van der Waals surface area contributed by atoms with E-state index in [1.165, 1.54) is 36.6 Å². The van der Waals surface area contributed by atoms with Crippen molar-refractivity contribution < 1.29 is 17.9 Å². The average molecular weight is 451 g/mol. The summed E-state index contributed by atoms with van der Waals surface area (Å²) in [5.41, 5.74) is 0.419. The Morgan fingerprint density at radius 3 is 2.59 bits per heavy atom. The monoisotopic (exact) mass is 450 g/mol. The van der Waals surface area contributed by atoms with Crippen LogP contribution in [0.3, 0.4) is 0 Å². The number of benzene rings is 2. The molecule has 2 aromatic carbocycles. The van der Waals surface area contributed by atoms with Crippen molar-refractivity contribution >= 4 is 54.6 Å². The Morgan fingerprint density at radius 2 is 1.90 bits per heavy atom. The largest absolute Gasteiger partial charge is 0.495 e. The van der Waals surface area contributed by atoms with Gasteiger partial charge >= 0.3 is 0 Å². The Labute approximate surface area is 178 Å². The summed E-state index contributed by atoms with van der Waals surface area (Å²) in [4.78, 5) is 15.2. The maximum atomic E-state index is 12.7. The van der Waals surface area contributed by atoms with Crippen LogP contribution in [-0.2, 0) is 10.0 Å². The van der Waals surface area contributed by atoms with Crippen LogP contribution in [0.4, 0.5) is 5.69 Å². The maximum Gasteiger partial charge on any atom is 0.263 e. The zero-order valence-electron chi connectivity index (χ0n) is 15.6. The molecule has 4 rings (SSSR count). The van der Waals surface area contributed by atoms with E-state index in [2.05, 4.69) is 4.72 Å². The van der Waals surface area contributed by atoms with E-state index < -0.39 is 10.0 Å². The summed E-state index contributed by atoms with van der Waals surface area (Å²) in [6.07, 6.45) is 2.08. The van der Waals surface area contributed by atoms with Gasteiger partial charge < -0.3 is 9.64 Å². The molecular formula is C20H19ClN2O4S2. The molecule has 0 spiro atoms. The zero-order chi connectivity index (χ0) is 20.6. The second-order valence-electron chi connectivity index (χ2n) is 6.76. The van der Waals surface area contributed by atoms with E-state index in [1.54, 1.807) is 12.1 Å². The maximum absolute atomic E-state index is 12.7. The standard InChI is InChI=1S/C20H19ClN2O4S2/c1-27-17-6-5-15(12-16(17)21)29(25,26)22-14-4-7-18-13(10-14)11-19(28-18)20(24)23-8-2-3-9-23/h4-7,10-12,22H,2-3,8-9H2,1H3. The lowest BCUT2D eigenvalue weighted by molar-refractivity contribution is 0.0797. The van der Waals surface area contributed by atoms with Crippen LogP contribution in [0.2, 0.25) is 5.02 Å². The summed E-state index contributed by atoms with van der Waals surface area (Å²) in [5.74, 6) is 0.444. The molecule has 6 nitrogen and oxygen atoms in total. The van der Waals surface area contributed by atoms with Gasteiger partial charge in [-0.2, -0.15) is 0 Å². The quantitative estimate of drug-likeness (QED) is 0.616. The number of sulfonamides is 1. The molecule has 1 N–H and O–H groups in total. The van der Waals surface area contributed by atoms with Crippen molar-refractivity contribution in [3.63, 3.8) is 0 Å². The van der Waals surface area contributed by atoms with E-state index in [4.69, 9.17) is 16.3 Å². The topological polar surface area (TPSA) is 75.7 Å². The van der Waals surface area contributed by atoms with Crippen molar-refractivity contribution in [3.05, 3.63) is 52.4 Å². The molecule has 0 radical (unpaired) electrons. The third-order valence-corrected chi connectivity index (χ3v) is 7.58. The smallest absolute Gasteiger partial charge is 0.263 e. The Morgan fingerprint density at radius 1 is 1.14 bits per heavy atom.